The fraction of sp³-hybridized carbons (Fsp3) is 0.176. The number of thiazole rings is 1. The molecular weight excluding hydrogens is 308 g/mol. The van der Waals surface area contributed by atoms with Crippen LogP contribution in [0.25, 0.3) is 15.9 Å². The molecule has 0 fully saturated rings. The predicted molar refractivity (Wildman–Crippen MR) is 92.9 cm³/mol. The largest absolute Gasteiger partial charge is 0.369 e. The first-order valence-electron chi connectivity index (χ1n) is 7.37. The summed E-state index contributed by atoms with van der Waals surface area (Å²) < 4.78 is 3.07. The number of nitrogens with zero attached hydrogens (tertiary/aromatic N) is 3. The second kappa shape index (κ2) is 5.33. The van der Waals surface area contributed by atoms with Gasteiger partial charge in [0, 0.05) is 23.1 Å². The average Bonchev–Trinajstić information content (AvgIpc) is 3.10. The number of para-hydroxylation sites is 1. The van der Waals surface area contributed by atoms with Gasteiger partial charge in [0.15, 0.2) is 11.4 Å². The van der Waals surface area contributed by atoms with Crippen LogP contribution in [0.15, 0.2) is 42.6 Å². The molecule has 5 nitrogen and oxygen atoms in total. The van der Waals surface area contributed by atoms with E-state index in [0.717, 1.165) is 32.8 Å². The number of benzene rings is 1. The monoisotopic (exact) mass is 324 g/mol. The molecule has 116 valence electrons. The van der Waals surface area contributed by atoms with Gasteiger partial charge in [-0.15, -0.1) is 0 Å². The maximum atomic E-state index is 10.6. The molecule has 6 heteroatoms. The third-order valence-electron chi connectivity index (χ3n) is 3.82. The second-order valence-corrected chi connectivity index (χ2v) is 6.57. The molecule has 4 rings (SSSR count). The van der Waals surface area contributed by atoms with Crippen molar-refractivity contribution in [3.05, 3.63) is 59.5 Å². The van der Waals surface area contributed by atoms with Gasteiger partial charge in [0.2, 0.25) is 0 Å². The first-order chi connectivity index (χ1) is 11.1. The number of aliphatic hydroxyl groups is 1. The molecule has 23 heavy (non-hydrogen) atoms. The van der Waals surface area contributed by atoms with Gasteiger partial charge in [-0.05, 0) is 38.1 Å². The summed E-state index contributed by atoms with van der Waals surface area (Å²) in [5, 5.41) is 14.3. The number of anilines is 1. The van der Waals surface area contributed by atoms with E-state index >= 15 is 0 Å². The van der Waals surface area contributed by atoms with Gasteiger partial charge in [0.1, 0.15) is 5.65 Å². The van der Waals surface area contributed by atoms with Crippen LogP contribution in [0.5, 0.6) is 0 Å². The number of hydrogen-bond acceptors (Lipinski definition) is 5. The molecule has 0 bridgehead atoms. The smallest absolute Gasteiger partial charge is 0.186 e. The van der Waals surface area contributed by atoms with Crippen LogP contribution >= 0.6 is 11.3 Å². The van der Waals surface area contributed by atoms with Crippen molar-refractivity contribution < 1.29 is 5.11 Å². The van der Waals surface area contributed by atoms with Crippen LogP contribution in [0, 0.1) is 13.8 Å². The van der Waals surface area contributed by atoms with E-state index in [1.54, 1.807) is 0 Å². The van der Waals surface area contributed by atoms with Gasteiger partial charge in [-0.25, -0.2) is 9.97 Å². The summed E-state index contributed by atoms with van der Waals surface area (Å²) in [5.74, 6) is 0. The van der Waals surface area contributed by atoms with Crippen molar-refractivity contribution in [2.75, 3.05) is 5.32 Å². The van der Waals surface area contributed by atoms with Gasteiger partial charge < -0.3 is 14.8 Å². The number of aryl methyl sites for hydroxylation is 2. The third kappa shape index (κ3) is 2.46. The van der Waals surface area contributed by atoms with E-state index in [4.69, 9.17) is 0 Å². The zero-order chi connectivity index (χ0) is 16.0. The zero-order valence-electron chi connectivity index (χ0n) is 12.8. The SMILES string of the molecule is Cc1cc(C)n2ccc(C(O)Nc3nc4ccccc4s3)c2n1. The lowest BCUT2D eigenvalue weighted by molar-refractivity contribution is 0.209. The number of rotatable bonds is 3. The molecule has 0 aliphatic carbocycles. The molecule has 0 radical (unpaired) electrons. The Hall–Kier alpha value is -2.44. The van der Waals surface area contributed by atoms with Crippen LogP contribution in [0.3, 0.4) is 0 Å². The van der Waals surface area contributed by atoms with E-state index in [-0.39, 0.29) is 0 Å². The molecule has 0 saturated heterocycles. The van der Waals surface area contributed by atoms with Gasteiger partial charge in [0.05, 0.1) is 10.2 Å². The van der Waals surface area contributed by atoms with E-state index in [1.807, 2.05) is 60.8 Å². The minimum Gasteiger partial charge on any atom is -0.369 e. The normalized spacial score (nSPS) is 12.8. The highest BCUT2D eigenvalue weighted by molar-refractivity contribution is 7.22. The fourth-order valence-corrected chi connectivity index (χ4v) is 3.64. The predicted octanol–water partition coefficient (Wildman–Crippen LogP) is 3.66. The van der Waals surface area contributed by atoms with Crippen LogP contribution in [0.1, 0.15) is 23.2 Å². The summed E-state index contributed by atoms with van der Waals surface area (Å²) in [5.41, 5.74) is 4.46. The molecule has 4 aromatic rings. The maximum absolute atomic E-state index is 10.6. The minimum atomic E-state index is -0.853. The lowest BCUT2D eigenvalue weighted by Crippen LogP contribution is -2.10. The van der Waals surface area contributed by atoms with Crippen LogP contribution in [0.4, 0.5) is 5.13 Å². The van der Waals surface area contributed by atoms with Gasteiger partial charge in [-0.2, -0.15) is 0 Å². The molecule has 1 atom stereocenters. The summed E-state index contributed by atoms with van der Waals surface area (Å²) in [6.45, 7) is 3.98. The van der Waals surface area contributed by atoms with Crippen LogP contribution < -0.4 is 5.32 Å². The number of nitrogens with one attached hydrogen (secondary N) is 1. The molecule has 1 aromatic carbocycles. The maximum Gasteiger partial charge on any atom is 0.186 e. The van der Waals surface area contributed by atoms with E-state index in [0.29, 0.717) is 5.13 Å². The van der Waals surface area contributed by atoms with Crippen molar-refractivity contribution in [2.24, 2.45) is 0 Å². The number of fused-ring (bicyclic) bond motifs is 2. The van der Waals surface area contributed by atoms with Crippen LogP contribution in [0.2, 0.25) is 0 Å². The van der Waals surface area contributed by atoms with E-state index < -0.39 is 6.23 Å². The number of hydrogen-bond donors (Lipinski definition) is 2. The molecule has 1 unspecified atom stereocenters. The highest BCUT2D eigenvalue weighted by Crippen LogP contribution is 2.29. The Morgan fingerprint density at radius 3 is 2.83 bits per heavy atom. The lowest BCUT2D eigenvalue weighted by atomic mass is 10.2. The summed E-state index contributed by atoms with van der Waals surface area (Å²) >= 11 is 1.53. The summed E-state index contributed by atoms with van der Waals surface area (Å²) in [6.07, 6.45) is 1.07. The Morgan fingerprint density at radius 2 is 2.00 bits per heavy atom. The number of aliphatic hydroxyl groups excluding tert-OH is 1. The Morgan fingerprint density at radius 1 is 1.17 bits per heavy atom. The first kappa shape index (κ1) is 14.2. The summed E-state index contributed by atoms with van der Waals surface area (Å²) in [7, 11) is 0. The summed E-state index contributed by atoms with van der Waals surface area (Å²) in [6, 6.07) is 11.8. The molecule has 3 aromatic heterocycles. The fourth-order valence-electron chi connectivity index (χ4n) is 2.76. The Balaban J connectivity index is 1.70. The minimum absolute atomic E-state index is 0.697. The van der Waals surface area contributed by atoms with Crippen LogP contribution in [-0.4, -0.2) is 19.5 Å². The van der Waals surface area contributed by atoms with Crippen molar-refractivity contribution in [1.29, 1.82) is 0 Å². The van der Waals surface area contributed by atoms with E-state index in [2.05, 4.69) is 15.3 Å². The average molecular weight is 324 g/mol. The van der Waals surface area contributed by atoms with Gasteiger partial charge in [-0.1, -0.05) is 23.5 Å². The zero-order valence-corrected chi connectivity index (χ0v) is 13.6. The second-order valence-electron chi connectivity index (χ2n) is 5.54. The molecular formula is C17H16N4OS. The van der Waals surface area contributed by atoms with Crippen molar-refractivity contribution >= 4 is 32.3 Å². The quantitative estimate of drug-likeness (QED) is 0.565. The third-order valence-corrected chi connectivity index (χ3v) is 4.79. The van der Waals surface area contributed by atoms with Crippen molar-refractivity contribution in [2.45, 2.75) is 20.1 Å². The highest BCUT2D eigenvalue weighted by atomic mass is 32.1. The Bertz CT molecular complexity index is 971. The first-order valence-corrected chi connectivity index (χ1v) is 8.19. The van der Waals surface area contributed by atoms with Gasteiger partial charge in [-0.3, -0.25) is 0 Å². The summed E-state index contributed by atoms with van der Waals surface area (Å²) in [4.78, 5) is 9.05. The molecule has 2 N–H and O–H groups in total. The van der Waals surface area contributed by atoms with E-state index in [1.165, 1.54) is 11.3 Å². The molecule has 0 spiro atoms. The Kier molecular flexibility index (Phi) is 3.28. The van der Waals surface area contributed by atoms with Crippen LogP contribution in [-0.2, 0) is 0 Å². The standard InChI is InChI=1S/C17H16N4OS/c1-10-9-11(2)21-8-7-12(15(21)18-10)16(22)20-17-19-13-5-3-4-6-14(13)23-17/h3-9,16,22H,1-2H3,(H,19,20). The van der Waals surface area contributed by atoms with Crippen molar-refractivity contribution in [3.63, 3.8) is 0 Å². The molecule has 3 heterocycles. The molecule has 0 saturated carbocycles. The van der Waals surface area contributed by atoms with Crippen molar-refractivity contribution in [3.8, 4) is 0 Å². The van der Waals surface area contributed by atoms with E-state index in [9.17, 15) is 5.11 Å². The molecule has 0 amide bonds. The number of aromatic nitrogens is 3. The van der Waals surface area contributed by atoms with Crippen molar-refractivity contribution in [1.82, 2.24) is 14.4 Å². The highest BCUT2D eigenvalue weighted by Gasteiger charge is 2.16. The van der Waals surface area contributed by atoms with Gasteiger partial charge in [0.25, 0.3) is 0 Å². The molecule has 0 aliphatic rings. The topological polar surface area (TPSA) is 62.5 Å². The molecule has 0 aliphatic heterocycles. The van der Waals surface area contributed by atoms with Gasteiger partial charge >= 0.3 is 0 Å². The lowest BCUT2D eigenvalue weighted by Gasteiger charge is -2.11. The Labute approximate surface area is 137 Å².